The van der Waals surface area contributed by atoms with Gasteiger partial charge in [0.05, 0.1) is 10.7 Å². The van der Waals surface area contributed by atoms with E-state index in [2.05, 4.69) is 5.10 Å². The van der Waals surface area contributed by atoms with Crippen molar-refractivity contribution >= 4 is 17.3 Å². The highest BCUT2D eigenvalue weighted by Crippen LogP contribution is 2.19. The number of halogens is 1. The Morgan fingerprint density at radius 1 is 0.938 bits per heavy atom. The van der Waals surface area contributed by atoms with Crippen molar-refractivity contribution in [1.82, 2.24) is 0 Å². The normalized spacial score (nSPS) is 11.4. The first kappa shape index (κ1) is 10.7. The first-order chi connectivity index (χ1) is 7.83. The Labute approximate surface area is 99.4 Å². The summed E-state index contributed by atoms with van der Waals surface area (Å²) in [6.07, 6.45) is 0. The third-order valence-corrected chi connectivity index (χ3v) is 2.63. The highest BCUT2D eigenvalue weighted by Gasteiger charge is 2.09. The van der Waals surface area contributed by atoms with E-state index < -0.39 is 0 Å². The van der Waals surface area contributed by atoms with E-state index in [-0.39, 0.29) is 0 Å². The molecule has 2 rings (SSSR count). The van der Waals surface area contributed by atoms with Crippen LogP contribution in [0.2, 0.25) is 5.02 Å². The minimum absolute atomic E-state index is 0.649. The second kappa shape index (κ2) is 4.81. The summed E-state index contributed by atoms with van der Waals surface area (Å²) in [5.74, 6) is 5.44. The van der Waals surface area contributed by atoms with Crippen LogP contribution in [0.4, 0.5) is 0 Å². The van der Waals surface area contributed by atoms with E-state index in [1.54, 1.807) is 0 Å². The quantitative estimate of drug-likeness (QED) is 0.481. The molecule has 0 saturated carbocycles. The standard InChI is InChI=1S/C13H11ClN2/c14-12-9-5-4-8-11(12)13(16-15)10-6-2-1-3-7-10/h1-9H,15H2. The Bertz CT molecular complexity index is 506. The Morgan fingerprint density at radius 2 is 1.56 bits per heavy atom. The molecule has 0 unspecified atom stereocenters. The van der Waals surface area contributed by atoms with Crippen LogP contribution in [0.25, 0.3) is 0 Å². The molecule has 0 spiro atoms. The van der Waals surface area contributed by atoms with E-state index >= 15 is 0 Å². The number of benzene rings is 2. The van der Waals surface area contributed by atoms with Crippen molar-refractivity contribution in [1.29, 1.82) is 0 Å². The summed E-state index contributed by atoms with van der Waals surface area (Å²) in [5, 5.41) is 4.47. The van der Waals surface area contributed by atoms with Gasteiger partial charge in [-0.15, -0.1) is 0 Å². The van der Waals surface area contributed by atoms with Crippen LogP contribution in [-0.2, 0) is 0 Å². The number of nitrogens with two attached hydrogens (primary N) is 1. The summed E-state index contributed by atoms with van der Waals surface area (Å²) in [4.78, 5) is 0. The maximum absolute atomic E-state index is 6.11. The van der Waals surface area contributed by atoms with Gasteiger partial charge in [-0.1, -0.05) is 60.1 Å². The third-order valence-electron chi connectivity index (χ3n) is 2.31. The van der Waals surface area contributed by atoms with Crippen LogP contribution in [0.3, 0.4) is 0 Å². The molecule has 3 heteroatoms. The molecule has 2 nitrogen and oxygen atoms in total. The minimum Gasteiger partial charge on any atom is -0.323 e. The molecule has 0 atom stereocenters. The van der Waals surface area contributed by atoms with E-state index in [0.717, 1.165) is 11.1 Å². The van der Waals surface area contributed by atoms with Crippen LogP contribution in [0, 0.1) is 0 Å². The molecule has 0 heterocycles. The molecule has 2 N–H and O–H groups in total. The van der Waals surface area contributed by atoms with Gasteiger partial charge in [0.25, 0.3) is 0 Å². The molecule has 16 heavy (non-hydrogen) atoms. The lowest BCUT2D eigenvalue weighted by Crippen LogP contribution is -2.06. The number of rotatable bonds is 2. The van der Waals surface area contributed by atoms with Gasteiger partial charge in [-0.25, -0.2) is 0 Å². The fourth-order valence-corrected chi connectivity index (χ4v) is 1.77. The topological polar surface area (TPSA) is 38.4 Å². The summed E-state index contributed by atoms with van der Waals surface area (Å²) < 4.78 is 0. The van der Waals surface area contributed by atoms with Crippen molar-refractivity contribution in [2.24, 2.45) is 10.9 Å². The highest BCUT2D eigenvalue weighted by atomic mass is 35.5. The van der Waals surface area contributed by atoms with E-state index in [4.69, 9.17) is 17.4 Å². The van der Waals surface area contributed by atoms with Gasteiger partial charge in [-0.2, -0.15) is 5.10 Å². The van der Waals surface area contributed by atoms with Gasteiger partial charge in [0.15, 0.2) is 0 Å². The van der Waals surface area contributed by atoms with Crippen LogP contribution in [0.15, 0.2) is 59.7 Å². The zero-order valence-corrected chi connectivity index (χ0v) is 9.35. The average Bonchev–Trinajstić information content (AvgIpc) is 2.34. The summed E-state index contributed by atoms with van der Waals surface area (Å²) >= 11 is 6.11. The summed E-state index contributed by atoms with van der Waals surface area (Å²) in [5.41, 5.74) is 2.50. The summed E-state index contributed by atoms with van der Waals surface area (Å²) in [7, 11) is 0. The highest BCUT2D eigenvalue weighted by molar-refractivity contribution is 6.35. The Balaban J connectivity index is 2.51. The van der Waals surface area contributed by atoms with Gasteiger partial charge in [0.1, 0.15) is 0 Å². The molecule has 80 valence electrons. The molecular weight excluding hydrogens is 220 g/mol. The number of hydrogen-bond donors (Lipinski definition) is 1. The predicted octanol–water partition coefficient (Wildman–Crippen LogP) is 3.05. The average molecular weight is 231 g/mol. The molecule has 0 amide bonds. The monoisotopic (exact) mass is 230 g/mol. The molecule has 0 bridgehead atoms. The predicted molar refractivity (Wildman–Crippen MR) is 67.7 cm³/mol. The summed E-state index contributed by atoms with van der Waals surface area (Å²) in [6, 6.07) is 17.3. The van der Waals surface area contributed by atoms with E-state index in [1.165, 1.54) is 0 Å². The second-order valence-electron chi connectivity index (χ2n) is 3.32. The maximum atomic E-state index is 6.11. The van der Waals surface area contributed by atoms with Gasteiger partial charge in [-0.3, -0.25) is 0 Å². The minimum atomic E-state index is 0.649. The smallest absolute Gasteiger partial charge is 0.0986 e. The van der Waals surface area contributed by atoms with Crippen molar-refractivity contribution in [3.63, 3.8) is 0 Å². The van der Waals surface area contributed by atoms with E-state index in [0.29, 0.717) is 10.7 Å². The Kier molecular flexibility index (Phi) is 3.22. The molecule has 0 radical (unpaired) electrons. The van der Waals surface area contributed by atoms with Gasteiger partial charge in [0.2, 0.25) is 0 Å². The van der Waals surface area contributed by atoms with Crippen molar-refractivity contribution in [2.45, 2.75) is 0 Å². The Hall–Kier alpha value is -1.80. The molecule has 0 aliphatic heterocycles. The van der Waals surface area contributed by atoms with Gasteiger partial charge in [-0.05, 0) is 6.07 Å². The SMILES string of the molecule is NN=C(c1ccccc1)c1ccccc1Cl. The molecule has 0 aromatic heterocycles. The second-order valence-corrected chi connectivity index (χ2v) is 3.73. The lowest BCUT2D eigenvalue weighted by Gasteiger charge is -2.07. The molecular formula is C13H11ClN2. The lowest BCUT2D eigenvalue weighted by atomic mass is 10.0. The molecule has 2 aromatic rings. The summed E-state index contributed by atoms with van der Waals surface area (Å²) in [6.45, 7) is 0. The fraction of sp³-hybridized carbons (Fsp3) is 0. The first-order valence-electron chi connectivity index (χ1n) is 4.91. The van der Waals surface area contributed by atoms with Crippen molar-refractivity contribution in [3.8, 4) is 0 Å². The van der Waals surface area contributed by atoms with Crippen LogP contribution >= 0.6 is 11.6 Å². The van der Waals surface area contributed by atoms with E-state index in [9.17, 15) is 0 Å². The van der Waals surface area contributed by atoms with E-state index in [1.807, 2.05) is 54.6 Å². The van der Waals surface area contributed by atoms with Crippen LogP contribution in [0.1, 0.15) is 11.1 Å². The van der Waals surface area contributed by atoms with Gasteiger partial charge in [0, 0.05) is 11.1 Å². The molecule has 0 saturated heterocycles. The molecule has 0 aliphatic rings. The van der Waals surface area contributed by atoms with Gasteiger partial charge < -0.3 is 5.84 Å². The van der Waals surface area contributed by atoms with Crippen LogP contribution in [-0.4, -0.2) is 5.71 Å². The molecule has 2 aromatic carbocycles. The van der Waals surface area contributed by atoms with Crippen molar-refractivity contribution in [2.75, 3.05) is 0 Å². The number of nitrogens with zero attached hydrogens (tertiary/aromatic N) is 1. The van der Waals surface area contributed by atoms with Crippen molar-refractivity contribution in [3.05, 3.63) is 70.7 Å². The zero-order valence-electron chi connectivity index (χ0n) is 8.60. The third kappa shape index (κ3) is 2.07. The Morgan fingerprint density at radius 3 is 2.19 bits per heavy atom. The van der Waals surface area contributed by atoms with Gasteiger partial charge >= 0.3 is 0 Å². The van der Waals surface area contributed by atoms with Crippen LogP contribution in [0.5, 0.6) is 0 Å². The lowest BCUT2D eigenvalue weighted by molar-refractivity contribution is 1.24. The zero-order chi connectivity index (χ0) is 11.4. The van der Waals surface area contributed by atoms with Crippen LogP contribution < -0.4 is 5.84 Å². The largest absolute Gasteiger partial charge is 0.323 e. The molecule has 0 aliphatic carbocycles. The first-order valence-corrected chi connectivity index (χ1v) is 5.29. The number of hydrazone groups is 1. The number of hydrogen-bond acceptors (Lipinski definition) is 2. The maximum Gasteiger partial charge on any atom is 0.0986 e. The van der Waals surface area contributed by atoms with Crippen molar-refractivity contribution < 1.29 is 0 Å². The molecule has 0 fully saturated rings. The fourth-order valence-electron chi connectivity index (χ4n) is 1.55.